The first-order valence-electron chi connectivity index (χ1n) is 7.37. The van der Waals surface area contributed by atoms with Crippen molar-refractivity contribution < 1.29 is 19.1 Å². The van der Waals surface area contributed by atoms with Gasteiger partial charge in [0, 0.05) is 18.2 Å². The molecule has 8 nitrogen and oxygen atoms in total. The van der Waals surface area contributed by atoms with Crippen molar-refractivity contribution in [3.05, 3.63) is 46.1 Å². The molecule has 1 aromatic heterocycles. The smallest absolute Gasteiger partial charge is 0.405 e. The molecule has 0 aliphatic rings. The molecule has 0 aliphatic carbocycles. The summed E-state index contributed by atoms with van der Waals surface area (Å²) in [5, 5.41) is 9.40. The summed E-state index contributed by atoms with van der Waals surface area (Å²) >= 11 is 6.15. The number of H-pyrrole nitrogens is 1. The molecule has 0 bridgehead atoms. The molecule has 2 aromatic rings. The van der Waals surface area contributed by atoms with Gasteiger partial charge in [0.1, 0.15) is 0 Å². The minimum atomic E-state index is -1.04. The molecule has 0 spiro atoms. The minimum Gasteiger partial charge on any atom is -0.439 e. The number of nitrogens with two attached hydrogens (primary N) is 1. The second-order valence-corrected chi connectivity index (χ2v) is 5.77. The number of amides is 2. The summed E-state index contributed by atoms with van der Waals surface area (Å²) in [5.74, 6) is -0.536. The summed E-state index contributed by atoms with van der Waals surface area (Å²) in [6, 6.07) is 4.78. The van der Waals surface area contributed by atoms with E-state index in [4.69, 9.17) is 17.3 Å². The van der Waals surface area contributed by atoms with Crippen LogP contribution in [-0.4, -0.2) is 34.1 Å². The molecule has 1 atom stereocenters. The third kappa shape index (κ3) is 4.57. The number of rotatable bonds is 6. The van der Waals surface area contributed by atoms with E-state index in [1.54, 1.807) is 31.3 Å². The Morgan fingerprint density at radius 3 is 2.72 bits per heavy atom. The van der Waals surface area contributed by atoms with E-state index in [9.17, 15) is 14.4 Å². The van der Waals surface area contributed by atoms with Gasteiger partial charge in [-0.3, -0.25) is 14.7 Å². The largest absolute Gasteiger partial charge is 0.439 e. The molecule has 0 radical (unpaired) electrons. The van der Waals surface area contributed by atoms with E-state index >= 15 is 0 Å². The molecule has 4 N–H and O–H groups in total. The van der Waals surface area contributed by atoms with Gasteiger partial charge in [0.15, 0.2) is 17.7 Å². The van der Waals surface area contributed by atoms with Gasteiger partial charge < -0.3 is 15.8 Å². The number of carbonyl (C=O) groups is 3. The first-order chi connectivity index (χ1) is 11.8. The molecule has 1 aromatic carbocycles. The highest BCUT2D eigenvalue weighted by Crippen LogP contribution is 2.23. The van der Waals surface area contributed by atoms with Crippen LogP contribution < -0.4 is 11.1 Å². The summed E-state index contributed by atoms with van der Waals surface area (Å²) in [6.07, 6.45) is -0.577. The lowest BCUT2D eigenvalue weighted by Crippen LogP contribution is -2.29. The highest BCUT2D eigenvalue weighted by atomic mass is 35.5. The number of carbonyl (C=O) groups excluding carboxylic acids is 3. The predicted octanol–water partition coefficient (Wildman–Crippen LogP) is 2.22. The number of primary amides is 1. The van der Waals surface area contributed by atoms with Crippen LogP contribution in [0.3, 0.4) is 0 Å². The van der Waals surface area contributed by atoms with E-state index in [0.717, 1.165) is 5.56 Å². The second-order valence-electron chi connectivity index (χ2n) is 5.37. The van der Waals surface area contributed by atoms with Crippen molar-refractivity contribution in [2.24, 2.45) is 5.73 Å². The first kappa shape index (κ1) is 18.5. The lowest BCUT2D eigenvalue weighted by Gasteiger charge is -2.13. The zero-order valence-corrected chi connectivity index (χ0v) is 14.4. The van der Waals surface area contributed by atoms with Crippen LogP contribution in [0.15, 0.2) is 24.4 Å². The quantitative estimate of drug-likeness (QED) is 0.724. The van der Waals surface area contributed by atoms with Crippen molar-refractivity contribution in [1.29, 1.82) is 0 Å². The molecular formula is C16H17ClN4O4. The van der Waals surface area contributed by atoms with Gasteiger partial charge in [-0.1, -0.05) is 23.7 Å². The van der Waals surface area contributed by atoms with Crippen molar-refractivity contribution in [2.75, 3.05) is 5.32 Å². The Labute approximate surface area is 148 Å². The maximum atomic E-state index is 12.6. The Hall–Kier alpha value is -2.87. The lowest BCUT2D eigenvalue weighted by molar-refractivity contribution is -0.125. The van der Waals surface area contributed by atoms with E-state index in [2.05, 4.69) is 20.3 Å². The molecule has 1 heterocycles. The van der Waals surface area contributed by atoms with Crippen LogP contribution in [0.25, 0.3) is 0 Å². The van der Waals surface area contributed by atoms with E-state index < -0.39 is 23.9 Å². The summed E-state index contributed by atoms with van der Waals surface area (Å²) in [7, 11) is 0. The monoisotopic (exact) mass is 364 g/mol. The van der Waals surface area contributed by atoms with Crippen molar-refractivity contribution >= 4 is 35.2 Å². The zero-order valence-electron chi connectivity index (χ0n) is 13.6. The topological polar surface area (TPSA) is 127 Å². The number of benzene rings is 1. The van der Waals surface area contributed by atoms with Crippen molar-refractivity contribution in [3.8, 4) is 0 Å². The number of hydrogen-bond donors (Lipinski definition) is 3. The Morgan fingerprint density at radius 1 is 1.40 bits per heavy atom. The zero-order chi connectivity index (χ0) is 18.6. The fourth-order valence-electron chi connectivity index (χ4n) is 2.19. The van der Waals surface area contributed by atoms with Crippen molar-refractivity contribution in [2.45, 2.75) is 26.4 Å². The van der Waals surface area contributed by atoms with Crippen LogP contribution in [0.1, 0.15) is 28.4 Å². The van der Waals surface area contributed by atoms with Gasteiger partial charge in [0.2, 0.25) is 0 Å². The van der Waals surface area contributed by atoms with Gasteiger partial charge in [-0.25, -0.2) is 4.79 Å². The molecule has 0 unspecified atom stereocenters. The molecular weight excluding hydrogens is 348 g/mol. The number of aromatic nitrogens is 2. The van der Waals surface area contributed by atoms with E-state index in [-0.39, 0.29) is 17.0 Å². The normalized spacial score (nSPS) is 11.6. The number of nitrogens with zero attached hydrogens (tertiary/aromatic N) is 1. The number of halogens is 1. The number of hydrogen-bond acceptors (Lipinski definition) is 5. The number of anilines is 1. The van der Waals surface area contributed by atoms with Gasteiger partial charge in [-0.2, -0.15) is 5.10 Å². The van der Waals surface area contributed by atoms with Gasteiger partial charge >= 0.3 is 6.09 Å². The van der Waals surface area contributed by atoms with Gasteiger partial charge in [-0.05, 0) is 25.5 Å². The third-order valence-electron chi connectivity index (χ3n) is 3.50. The van der Waals surface area contributed by atoms with Crippen LogP contribution in [0.5, 0.6) is 0 Å². The average Bonchev–Trinajstić information content (AvgIpc) is 2.91. The maximum Gasteiger partial charge on any atom is 0.405 e. The second kappa shape index (κ2) is 7.80. The molecule has 0 fully saturated rings. The molecule has 2 rings (SSSR count). The average molecular weight is 365 g/mol. The van der Waals surface area contributed by atoms with Crippen LogP contribution in [0.4, 0.5) is 10.6 Å². The van der Waals surface area contributed by atoms with E-state index in [1.807, 2.05) is 0 Å². The summed E-state index contributed by atoms with van der Waals surface area (Å²) < 4.78 is 4.66. The fourth-order valence-corrected chi connectivity index (χ4v) is 2.47. The Kier molecular flexibility index (Phi) is 5.76. The van der Waals surface area contributed by atoms with E-state index in [1.165, 1.54) is 6.92 Å². The maximum absolute atomic E-state index is 12.6. The Bertz CT molecular complexity index is 818. The number of ketones is 1. The van der Waals surface area contributed by atoms with Crippen LogP contribution in [0.2, 0.25) is 5.02 Å². The highest BCUT2D eigenvalue weighted by molar-refractivity contribution is 6.34. The molecule has 0 aliphatic heterocycles. The van der Waals surface area contributed by atoms with E-state index in [0.29, 0.717) is 11.4 Å². The van der Waals surface area contributed by atoms with Crippen LogP contribution in [-0.2, 0) is 16.0 Å². The minimum absolute atomic E-state index is 0.142. The molecule has 132 valence electrons. The van der Waals surface area contributed by atoms with Crippen LogP contribution in [0, 0.1) is 6.92 Å². The van der Waals surface area contributed by atoms with Gasteiger partial charge in [0.25, 0.3) is 5.91 Å². The number of Topliss-reactive ketones (excluding diaryl/α,β-unsaturated/α-hetero) is 1. The molecule has 2 amide bonds. The number of ether oxygens (including phenoxy) is 1. The highest BCUT2D eigenvalue weighted by Gasteiger charge is 2.22. The first-order valence-corrected chi connectivity index (χ1v) is 7.75. The van der Waals surface area contributed by atoms with Crippen LogP contribution >= 0.6 is 11.6 Å². The standard InChI is InChI=1S/C16H17ClN4O4/c1-8-7-19-21-14(8)20-15(23)13-10(4-3-5-11(13)17)6-12(22)9(2)25-16(18)24/h3-5,7,9H,6H2,1-2H3,(H2,18,24)(H2,19,20,21,23)/t9-/m0/s1. The summed E-state index contributed by atoms with van der Waals surface area (Å²) in [6.45, 7) is 3.18. The Balaban J connectivity index is 2.24. The van der Waals surface area contributed by atoms with Crippen molar-refractivity contribution in [3.63, 3.8) is 0 Å². The fraction of sp³-hybridized carbons (Fsp3) is 0.250. The number of aryl methyl sites for hydroxylation is 1. The summed E-state index contributed by atoms with van der Waals surface area (Å²) in [4.78, 5) is 35.5. The number of nitrogens with one attached hydrogen (secondary N) is 2. The Morgan fingerprint density at radius 2 is 2.12 bits per heavy atom. The van der Waals surface area contributed by atoms with Crippen molar-refractivity contribution in [1.82, 2.24) is 10.2 Å². The molecule has 9 heteroatoms. The van der Waals surface area contributed by atoms with Gasteiger partial charge in [0.05, 0.1) is 10.6 Å². The van der Waals surface area contributed by atoms with Gasteiger partial charge in [-0.15, -0.1) is 0 Å². The molecule has 25 heavy (non-hydrogen) atoms. The number of aromatic amines is 1. The third-order valence-corrected chi connectivity index (χ3v) is 3.82. The molecule has 0 saturated carbocycles. The predicted molar refractivity (Wildman–Crippen MR) is 91.6 cm³/mol. The SMILES string of the molecule is Cc1c[nH]nc1NC(=O)c1c(Cl)cccc1CC(=O)[C@H](C)OC(N)=O. The summed E-state index contributed by atoms with van der Waals surface area (Å²) in [5.41, 5.74) is 6.22. The lowest BCUT2D eigenvalue weighted by atomic mass is 9.99. The molecule has 0 saturated heterocycles.